The van der Waals surface area contributed by atoms with Crippen LogP contribution in [0.15, 0.2) is 18.2 Å². The number of benzene rings is 1. The van der Waals surface area contributed by atoms with Crippen molar-refractivity contribution in [2.75, 3.05) is 6.67 Å². The normalized spacial score (nSPS) is 11.8. The lowest BCUT2D eigenvalue weighted by Crippen LogP contribution is -2.22. The van der Waals surface area contributed by atoms with E-state index in [1.807, 2.05) is 0 Å². The van der Waals surface area contributed by atoms with Gasteiger partial charge in [0.15, 0.2) is 0 Å². The minimum absolute atomic E-state index is 0.227. The van der Waals surface area contributed by atoms with Crippen molar-refractivity contribution in [3.8, 4) is 0 Å². The number of aryl methyl sites for hydroxylation is 1. The molecule has 0 atom stereocenters. The van der Waals surface area contributed by atoms with Crippen molar-refractivity contribution in [2.45, 2.75) is 39.7 Å². The predicted octanol–water partition coefficient (Wildman–Crippen LogP) is 2.30. The molecule has 15 heavy (non-hydrogen) atoms. The van der Waals surface area contributed by atoms with Crippen LogP contribution >= 0.6 is 0 Å². The third-order valence-corrected chi connectivity index (χ3v) is 2.67. The van der Waals surface area contributed by atoms with Gasteiger partial charge in [0.25, 0.3) is 0 Å². The van der Waals surface area contributed by atoms with Crippen LogP contribution in [0, 0.1) is 6.92 Å². The minimum Gasteiger partial charge on any atom is -0.318 e. The SMILES string of the molecule is Cc1cc(C(C)(C)C)ccc1CNCN. The third-order valence-electron chi connectivity index (χ3n) is 2.67. The van der Waals surface area contributed by atoms with Crippen LogP contribution in [0.3, 0.4) is 0 Å². The molecule has 0 bridgehead atoms. The van der Waals surface area contributed by atoms with Crippen molar-refractivity contribution >= 4 is 0 Å². The molecule has 0 aliphatic rings. The Bertz CT molecular complexity index is 324. The molecule has 0 aliphatic carbocycles. The molecule has 0 amide bonds. The quantitative estimate of drug-likeness (QED) is 0.745. The van der Waals surface area contributed by atoms with Crippen LogP contribution in [0.4, 0.5) is 0 Å². The van der Waals surface area contributed by atoms with Gasteiger partial charge in [-0.3, -0.25) is 0 Å². The van der Waals surface area contributed by atoms with E-state index >= 15 is 0 Å². The average molecular weight is 206 g/mol. The highest BCUT2D eigenvalue weighted by Crippen LogP contribution is 2.24. The Morgan fingerprint density at radius 2 is 1.93 bits per heavy atom. The summed E-state index contributed by atoms with van der Waals surface area (Å²) in [6.45, 7) is 10.2. The first kappa shape index (κ1) is 12.2. The van der Waals surface area contributed by atoms with Crippen molar-refractivity contribution < 1.29 is 0 Å². The maximum atomic E-state index is 5.41. The summed E-state index contributed by atoms with van der Waals surface area (Å²) in [7, 11) is 0. The fourth-order valence-corrected chi connectivity index (χ4v) is 1.57. The van der Waals surface area contributed by atoms with E-state index in [9.17, 15) is 0 Å². The van der Waals surface area contributed by atoms with Crippen molar-refractivity contribution in [2.24, 2.45) is 5.73 Å². The largest absolute Gasteiger partial charge is 0.318 e. The molecule has 3 N–H and O–H groups in total. The number of hydrogen-bond acceptors (Lipinski definition) is 2. The number of nitrogens with two attached hydrogens (primary N) is 1. The van der Waals surface area contributed by atoms with E-state index in [0.29, 0.717) is 6.67 Å². The first-order chi connectivity index (χ1) is 6.95. The highest BCUT2D eigenvalue weighted by molar-refractivity contribution is 5.34. The van der Waals surface area contributed by atoms with Gasteiger partial charge in [-0.1, -0.05) is 39.0 Å². The van der Waals surface area contributed by atoms with Crippen molar-refractivity contribution in [1.82, 2.24) is 5.32 Å². The van der Waals surface area contributed by atoms with Gasteiger partial charge in [0.1, 0.15) is 0 Å². The summed E-state index contributed by atoms with van der Waals surface area (Å²) in [5.41, 5.74) is 9.69. The van der Waals surface area contributed by atoms with E-state index in [4.69, 9.17) is 5.73 Å². The van der Waals surface area contributed by atoms with Crippen LogP contribution in [-0.2, 0) is 12.0 Å². The highest BCUT2D eigenvalue weighted by Gasteiger charge is 2.13. The van der Waals surface area contributed by atoms with Gasteiger partial charge in [0, 0.05) is 13.2 Å². The van der Waals surface area contributed by atoms with Crippen LogP contribution in [0.1, 0.15) is 37.5 Å². The lowest BCUT2D eigenvalue weighted by atomic mass is 9.85. The van der Waals surface area contributed by atoms with Crippen LogP contribution in [0.5, 0.6) is 0 Å². The van der Waals surface area contributed by atoms with E-state index in [0.717, 1.165) is 6.54 Å². The second-order valence-corrected chi connectivity index (χ2v) is 5.02. The lowest BCUT2D eigenvalue weighted by Gasteiger charge is -2.20. The molecule has 1 aromatic rings. The molecule has 0 fully saturated rings. The molecular formula is C13H22N2. The lowest BCUT2D eigenvalue weighted by molar-refractivity contribution is 0.589. The fraction of sp³-hybridized carbons (Fsp3) is 0.538. The summed E-state index contributed by atoms with van der Waals surface area (Å²) in [6.07, 6.45) is 0. The minimum atomic E-state index is 0.227. The predicted molar refractivity (Wildman–Crippen MR) is 65.8 cm³/mol. The average Bonchev–Trinajstić information content (AvgIpc) is 2.14. The van der Waals surface area contributed by atoms with E-state index in [-0.39, 0.29) is 5.41 Å². The zero-order valence-electron chi connectivity index (χ0n) is 10.2. The number of rotatable bonds is 3. The molecule has 0 aromatic heterocycles. The Morgan fingerprint density at radius 3 is 2.40 bits per heavy atom. The molecule has 2 heteroatoms. The smallest absolute Gasteiger partial charge is 0.0431 e. The molecular weight excluding hydrogens is 184 g/mol. The van der Waals surface area contributed by atoms with Crippen LogP contribution in [0.2, 0.25) is 0 Å². The first-order valence-corrected chi connectivity index (χ1v) is 5.46. The zero-order valence-corrected chi connectivity index (χ0v) is 10.2. The molecule has 1 aromatic carbocycles. The molecule has 84 valence electrons. The molecule has 0 unspecified atom stereocenters. The summed E-state index contributed by atoms with van der Waals surface area (Å²) in [4.78, 5) is 0. The molecule has 0 saturated carbocycles. The van der Waals surface area contributed by atoms with Gasteiger partial charge in [-0.05, 0) is 29.0 Å². The van der Waals surface area contributed by atoms with Gasteiger partial charge >= 0.3 is 0 Å². The van der Waals surface area contributed by atoms with Gasteiger partial charge in [-0.2, -0.15) is 0 Å². The van der Waals surface area contributed by atoms with E-state index in [1.165, 1.54) is 16.7 Å². The van der Waals surface area contributed by atoms with Crippen molar-refractivity contribution in [3.05, 3.63) is 34.9 Å². The summed E-state index contributed by atoms with van der Waals surface area (Å²) in [6, 6.07) is 6.67. The summed E-state index contributed by atoms with van der Waals surface area (Å²) in [5, 5.41) is 3.14. The zero-order chi connectivity index (χ0) is 11.5. The second-order valence-electron chi connectivity index (χ2n) is 5.02. The molecule has 0 saturated heterocycles. The maximum absolute atomic E-state index is 5.41. The van der Waals surface area contributed by atoms with E-state index in [1.54, 1.807) is 0 Å². The summed E-state index contributed by atoms with van der Waals surface area (Å²) < 4.78 is 0. The van der Waals surface area contributed by atoms with Crippen LogP contribution in [-0.4, -0.2) is 6.67 Å². The van der Waals surface area contributed by atoms with Crippen LogP contribution < -0.4 is 11.1 Å². The Labute approximate surface area is 92.9 Å². The van der Waals surface area contributed by atoms with Crippen molar-refractivity contribution in [3.63, 3.8) is 0 Å². The highest BCUT2D eigenvalue weighted by atomic mass is 14.9. The Balaban J connectivity index is 2.88. The van der Waals surface area contributed by atoms with Crippen molar-refractivity contribution in [1.29, 1.82) is 0 Å². The maximum Gasteiger partial charge on any atom is 0.0431 e. The van der Waals surface area contributed by atoms with E-state index in [2.05, 4.69) is 51.2 Å². The van der Waals surface area contributed by atoms with Gasteiger partial charge in [-0.15, -0.1) is 0 Å². The van der Waals surface area contributed by atoms with Crippen LogP contribution in [0.25, 0.3) is 0 Å². The summed E-state index contributed by atoms with van der Waals surface area (Å²) in [5.74, 6) is 0. The molecule has 0 radical (unpaired) electrons. The third kappa shape index (κ3) is 3.33. The molecule has 0 heterocycles. The summed E-state index contributed by atoms with van der Waals surface area (Å²) >= 11 is 0. The fourth-order valence-electron chi connectivity index (χ4n) is 1.57. The van der Waals surface area contributed by atoms with Gasteiger partial charge < -0.3 is 11.1 Å². The topological polar surface area (TPSA) is 38.0 Å². The Kier molecular flexibility index (Phi) is 3.89. The molecule has 0 aliphatic heterocycles. The number of hydrogen-bond donors (Lipinski definition) is 2. The molecule has 1 rings (SSSR count). The molecule has 2 nitrogen and oxygen atoms in total. The first-order valence-electron chi connectivity index (χ1n) is 5.46. The Hall–Kier alpha value is -0.860. The van der Waals surface area contributed by atoms with Gasteiger partial charge in [0.05, 0.1) is 0 Å². The number of nitrogens with one attached hydrogen (secondary N) is 1. The Morgan fingerprint density at radius 1 is 1.27 bits per heavy atom. The second kappa shape index (κ2) is 4.77. The standard InChI is InChI=1S/C13H22N2/c1-10-7-12(13(2,3)4)6-5-11(10)8-15-9-14/h5-7,15H,8-9,14H2,1-4H3. The van der Waals surface area contributed by atoms with E-state index < -0.39 is 0 Å². The monoisotopic (exact) mass is 206 g/mol. The van der Waals surface area contributed by atoms with Gasteiger partial charge in [-0.25, -0.2) is 0 Å². The molecule has 0 spiro atoms. The van der Waals surface area contributed by atoms with Gasteiger partial charge in [0.2, 0.25) is 0 Å².